The summed E-state index contributed by atoms with van der Waals surface area (Å²) in [6.07, 6.45) is 0.743. The summed E-state index contributed by atoms with van der Waals surface area (Å²) in [5.41, 5.74) is 1.30. The van der Waals surface area contributed by atoms with Crippen LogP contribution in [0.2, 0.25) is 0 Å². The molecule has 0 saturated heterocycles. The number of hydrogen-bond donors (Lipinski definition) is 2. The van der Waals surface area contributed by atoms with Crippen LogP contribution in [0.15, 0.2) is 23.0 Å². The van der Waals surface area contributed by atoms with Crippen molar-refractivity contribution < 1.29 is 14.6 Å². The molecule has 0 saturated carbocycles. The van der Waals surface area contributed by atoms with E-state index >= 15 is 0 Å². The zero-order valence-electron chi connectivity index (χ0n) is 16.9. The Morgan fingerprint density at radius 1 is 1.26 bits per heavy atom. The number of hydrogen-bond acceptors (Lipinski definition) is 3. The third-order valence-corrected chi connectivity index (χ3v) is 4.27. The number of nitrogens with zero attached hydrogens (tertiary/aromatic N) is 1. The van der Waals surface area contributed by atoms with Gasteiger partial charge in [-0.15, -0.1) is 0 Å². The molecule has 0 atom stereocenters. The molecule has 1 aromatic heterocycles. The number of pyridine rings is 1. The molecule has 0 unspecified atom stereocenters. The number of rotatable bonds is 7. The monoisotopic (exact) mass is 374 g/mol. The molecule has 0 radical (unpaired) electrons. The molecule has 1 amide bonds. The van der Waals surface area contributed by atoms with Crippen LogP contribution in [0.25, 0.3) is 10.8 Å². The number of nitrogens with one attached hydrogen (secondary N) is 1. The fourth-order valence-electron chi connectivity index (χ4n) is 3.04. The van der Waals surface area contributed by atoms with E-state index in [1.807, 2.05) is 45.9 Å². The minimum absolute atomic E-state index is 0.0198. The Kier molecular flexibility index (Phi) is 6.52. The number of carboxylic acid groups (broad SMARTS) is 1. The number of aromatic nitrogens is 1. The van der Waals surface area contributed by atoms with Crippen LogP contribution in [0.5, 0.6) is 5.75 Å². The zero-order valence-corrected chi connectivity index (χ0v) is 16.9. The molecule has 1 heterocycles. The number of ether oxygens (including phenoxy) is 1. The summed E-state index contributed by atoms with van der Waals surface area (Å²) in [5.74, 6) is 0.594. The van der Waals surface area contributed by atoms with Gasteiger partial charge in [-0.1, -0.05) is 51.8 Å². The maximum Gasteiger partial charge on any atom is 0.404 e. The first-order valence-electron chi connectivity index (χ1n) is 9.39. The number of carbonyl (C=O) groups is 1. The summed E-state index contributed by atoms with van der Waals surface area (Å²) in [6, 6.07) is 5.70. The highest BCUT2D eigenvalue weighted by atomic mass is 16.5. The SMILES string of the molecule is CCCCOc1c(CNC(=O)O)n(CC(C)(C)C)c(=O)c2cc(C)ccc12. The lowest BCUT2D eigenvalue weighted by Gasteiger charge is -2.25. The molecule has 2 aromatic rings. The highest BCUT2D eigenvalue weighted by molar-refractivity contribution is 5.89. The van der Waals surface area contributed by atoms with Crippen molar-refractivity contribution in [2.75, 3.05) is 6.61 Å². The lowest BCUT2D eigenvalue weighted by atomic mass is 9.96. The highest BCUT2D eigenvalue weighted by Crippen LogP contribution is 2.30. The third kappa shape index (κ3) is 5.25. The van der Waals surface area contributed by atoms with E-state index in [0.29, 0.717) is 30.0 Å². The Morgan fingerprint density at radius 2 is 1.96 bits per heavy atom. The van der Waals surface area contributed by atoms with Crippen LogP contribution in [-0.4, -0.2) is 22.4 Å². The average Bonchev–Trinajstić information content (AvgIpc) is 2.56. The second kappa shape index (κ2) is 8.46. The highest BCUT2D eigenvalue weighted by Gasteiger charge is 2.22. The molecule has 0 aliphatic carbocycles. The number of unbranched alkanes of at least 4 members (excludes halogenated alkanes) is 1. The van der Waals surface area contributed by atoms with Crippen molar-refractivity contribution in [3.05, 3.63) is 39.8 Å². The van der Waals surface area contributed by atoms with E-state index in [9.17, 15) is 9.59 Å². The molecule has 0 aliphatic heterocycles. The molecule has 6 heteroatoms. The summed E-state index contributed by atoms with van der Waals surface area (Å²) in [4.78, 5) is 24.3. The summed E-state index contributed by atoms with van der Waals surface area (Å²) in [7, 11) is 0. The maximum absolute atomic E-state index is 13.2. The summed E-state index contributed by atoms with van der Waals surface area (Å²) in [5, 5.41) is 12.8. The quantitative estimate of drug-likeness (QED) is 0.708. The van der Waals surface area contributed by atoms with E-state index in [2.05, 4.69) is 12.2 Å². The standard InChI is InChI=1S/C21H30N2O4/c1-6-7-10-27-18-15-9-8-14(2)11-16(15)19(24)23(13-21(3,4)5)17(18)12-22-20(25)26/h8-9,11,22H,6-7,10,12-13H2,1-5H3,(H,25,26). The predicted molar refractivity (Wildman–Crippen MR) is 108 cm³/mol. The molecular weight excluding hydrogens is 344 g/mol. The van der Waals surface area contributed by atoms with Gasteiger partial charge in [-0.3, -0.25) is 4.79 Å². The van der Waals surface area contributed by atoms with Crippen LogP contribution < -0.4 is 15.6 Å². The Bertz CT molecular complexity index is 878. The predicted octanol–water partition coefficient (Wildman–Crippen LogP) is 4.30. The molecule has 1 aromatic carbocycles. The van der Waals surface area contributed by atoms with Gasteiger partial charge < -0.3 is 19.7 Å². The summed E-state index contributed by atoms with van der Waals surface area (Å²) in [6.45, 7) is 11.2. The molecule has 0 aliphatic rings. The van der Waals surface area contributed by atoms with Crippen molar-refractivity contribution in [1.29, 1.82) is 0 Å². The van der Waals surface area contributed by atoms with Gasteiger partial charge in [0.2, 0.25) is 0 Å². The molecule has 6 nitrogen and oxygen atoms in total. The first-order valence-corrected chi connectivity index (χ1v) is 9.39. The second-order valence-electron chi connectivity index (χ2n) is 8.14. The van der Waals surface area contributed by atoms with Gasteiger partial charge in [0.05, 0.1) is 24.2 Å². The Balaban J connectivity index is 2.75. The van der Waals surface area contributed by atoms with Gasteiger partial charge in [-0.05, 0) is 24.8 Å². The molecule has 148 valence electrons. The number of aryl methyl sites for hydroxylation is 1. The van der Waals surface area contributed by atoms with E-state index in [-0.39, 0.29) is 17.5 Å². The lowest BCUT2D eigenvalue weighted by Crippen LogP contribution is -2.33. The molecule has 2 N–H and O–H groups in total. The van der Waals surface area contributed by atoms with E-state index in [4.69, 9.17) is 9.84 Å². The average molecular weight is 374 g/mol. The van der Waals surface area contributed by atoms with Gasteiger partial charge >= 0.3 is 6.09 Å². The first-order chi connectivity index (χ1) is 12.6. The molecule has 0 spiro atoms. The molecule has 0 fully saturated rings. The van der Waals surface area contributed by atoms with E-state index in [1.165, 1.54) is 0 Å². The third-order valence-electron chi connectivity index (χ3n) is 4.27. The van der Waals surface area contributed by atoms with Gasteiger partial charge in [0, 0.05) is 11.9 Å². The van der Waals surface area contributed by atoms with Crippen LogP contribution >= 0.6 is 0 Å². The van der Waals surface area contributed by atoms with Crippen molar-refractivity contribution in [3.8, 4) is 5.75 Å². The molecular formula is C21H30N2O4. The maximum atomic E-state index is 13.2. The Morgan fingerprint density at radius 3 is 2.56 bits per heavy atom. The number of benzene rings is 1. The Hall–Kier alpha value is -2.50. The van der Waals surface area contributed by atoms with Crippen LogP contribution in [-0.2, 0) is 13.1 Å². The minimum atomic E-state index is -1.13. The fraction of sp³-hybridized carbons (Fsp3) is 0.524. The van der Waals surface area contributed by atoms with Crippen LogP contribution in [0.3, 0.4) is 0 Å². The van der Waals surface area contributed by atoms with Gasteiger partial charge in [0.25, 0.3) is 5.56 Å². The van der Waals surface area contributed by atoms with Gasteiger partial charge in [-0.25, -0.2) is 4.79 Å². The molecule has 2 rings (SSSR count). The summed E-state index contributed by atoms with van der Waals surface area (Å²) >= 11 is 0. The van der Waals surface area contributed by atoms with Gasteiger partial charge in [0.15, 0.2) is 0 Å². The largest absolute Gasteiger partial charge is 0.491 e. The van der Waals surface area contributed by atoms with Crippen LogP contribution in [0.1, 0.15) is 51.8 Å². The normalized spacial score (nSPS) is 11.6. The van der Waals surface area contributed by atoms with Crippen molar-refractivity contribution in [1.82, 2.24) is 9.88 Å². The second-order valence-corrected chi connectivity index (χ2v) is 8.14. The molecule has 27 heavy (non-hydrogen) atoms. The zero-order chi connectivity index (χ0) is 20.2. The van der Waals surface area contributed by atoms with Crippen molar-refractivity contribution in [2.24, 2.45) is 5.41 Å². The van der Waals surface area contributed by atoms with E-state index < -0.39 is 6.09 Å². The first kappa shape index (κ1) is 20.8. The van der Waals surface area contributed by atoms with Crippen molar-refractivity contribution in [2.45, 2.75) is 60.5 Å². The van der Waals surface area contributed by atoms with Crippen molar-refractivity contribution in [3.63, 3.8) is 0 Å². The molecule has 0 bridgehead atoms. The summed E-state index contributed by atoms with van der Waals surface area (Å²) < 4.78 is 7.75. The smallest absolute Gasteiger partial charge is 0.404 e. The van der Waals surface area contributed by atoms with Gasteiger partial charge in [-0.2, -0.15) is 0 Å². The van der Waals surface area contributed by atoms with E-state index in [0.717, 1.165) is 23.8 Å². The van der Waals surface area contributed by atoms with Gasteiger partial charge in [0.1, 0.15) is 5.75 Å². The van der Waals surface area contributed by atoms with Crippen LogP contribution in [0.4, 0.5) is 4.79 Å². The number of fused-ring (bicyclic) bond motifs is 1. The Labute approximate surface area is 160 Å². The topological polar surface area (TPSA) is 80.6 Å². The van der Waals surface area contributed by atoms with E-state index in [1.54, 1.807) is 4.57 Å². The minimum Gasteiger partial charge on any atom is -0.491 e. The van der Waals surface area contributed by atoms with Crippen molar-refractivity contribution >= 4 is 16.9 Å². The van der Waals surface area contributed by atoms with Crippen LogP contribution in [0, 0.1) is 12.3 Å². The number of amides is 1. The fourth-order valence-corrected chi connectivity index (χ4v) is 3.04. The lowest BCUT2D eigenvalue weighted by molar-refractivity contribution is 0.193.